The van der Waals surface area contributed by atoms with E-state index in [-0.39, 0.29) is 5.82 Å². The zero-order chi connectivity index (χ0) is 15.5. The first-order valence-corrected chi connectivity index (χ1v) is 7.98. The molecule has 118 valence electrons. The van der Waals surface area contributed by atoms with Gasteiger partial charge in [-0.3, -0.25) is 4.90 Å². The molecule has 0 unspecified atom stereocenters. The molecule has 3 rings (SSSR count). The fourth-order valence-electron chi connectivity index (χ4n) is 2.84. The third kappa shape index (κ3) is 3.10. The Kier molecular flexibility index (Phi) is 4.64. The van der Waals surface area contributed by atoms with Crippen LogP contribution in [0.3, 0.4) is 0 Å². The van der Waals surface area contributed by atoms with E-state index in [1.807, 2.05) is 12.4 Å². The Labute approximate surface area is 135 Å². The summed E-state index contributed by atoms with van der Waals surface area (Å²) in [6.07, 6.45) is 3.84. The maximum Gasteiger partial charge on any atom is 0.205 e. The minimum atomic E-state index is -0.226. The average Bonchev–Trinajstić information content (AvgIpc) is 3.00. The van der Waals surface area contributed by atoms with Crippen molar-refractivity contribution in [1.82, 2.24) is 14.5 Å². The molecule has 0 saturated carbocycles. The topological polar surface area (TPSA) is 24.3 Å². The molecule has 1 aliphatic heterocycles. The molecule has 0 bridgehead atoms. The van der Waals surface area contributed by atoms with E-state index in [2.05, 4.69) is 26.3 Å². The fraction of sp³-hybridized carbons (Fsp3) is 0.438. The van der Waals surface area contributed by atoms with Crippen molar-refractivity contribution in [1.29, 1.82) is 0 Å². The van der Waals surface area contributed by atoms with Crippen molar-refractivity contribution in [3.05, 3.63) is 47.0 Å². The van der Waals surface area contributed by atoms with Crippen molar-refractivity contribution in [3.8, 4) is 0 Å². The number of nitrogens with zero attached hydrogens (tertiary/aromatic N) is 4. The summed E-state index contributed by atoms with van der Waals surface area (Å²) in [4.78, 5) is 8.95. The molecule has 0 amide bonds. The summed E-state index contributed by atoms with van der Waals surface area (Å²) in [6, 6.07) is 4.85. The minimum absolute atomic E-state index is 0.226. The number of anilines is 1. The summed E-state index contributed by atoms with van der Waals surface area (Å²) < 4.78 is 16.0. The molecule has 1 aromatic heterocycles. The standard InChI is InChI=1S/C16H20ClFN4/c1-2-21-7-6-19-16(21)22-10-8-20(9-11-22)12-13-14(17)4-3-5-15(13)18/h3-7H,2,8-12H2,1H3. The molecule has 0 N–H and O–H groups in total. The number of halogens is 2. The zero-order valence-electron chi connectivity index (χ0n) is 12.7. The number of benzene rings is 1. The van der Waals surface area contributed by atoms with Crippen LogP contribution in [0.2, 0.25) is 5.02 Å². The van der Waals surface area contributed by atoms with Gasteiger partial charge in [-0.05, 0) is 19.1 Å². The van der Waals surface area contributed by atoms with Crippen LogP contribution in [-0.2, 0) is 13.1 Å². The van der Waals surface area contributed by atoms with Gasteiger partial charge < -0.3 is 9.47 Å². The second-order valence-electron chi connectivity index (χ2n) is 5.48. The van der Waals surface area contributed by atoms with Crippen LogP contribution in [-0.4, -0.2) is 40.6 Å². The van der Waals surface area contributed by atoms with Crippen molar-refractivity contribution >= 4 is 17.5 Å². The molecule has 1 saturated heterocycles. The Balaban J connectivity index is 1.63. The van der Waals surface area contributed by atoms with Crippen LogP contribution < -0.4 is 4.90 Å². The molecular weight excluding hydrogens is 303 g/mol. The van der Waals surface area contributed by atoms with Gasteiger partial charge >= 0.3 is 0 Å². The zero-order valence-corrected chi connectivity index (χ0v) is 13.4. The van der Waals surface area contributed by atoms with Crippen LogP contribution >= 0.6 is 11.6 Å². The van der Waals surface area contributed by atoms with Crippen molar-refractivity contribution in [2.45, 2.75) is 20.0 Å². The Morgan fingerprint density at radius 2 is 2.00 bits per heavy atom. The fourth-order valence-corrected chi connectivity index (χ4v) is 3.07. The van der Waals surface area contributed by atoms with Crippen LogP contribution in [0.15, 0.2) is 30.6 Å². The molecule has 1 aromatic carbocycles. The highest BCUT2D eigenvalue weighted by Gasteiger charge is 2.21. The predicted octanol–water partition coefficient (Wildman–Crippen LogP) is 3.02. The van der Waals surface area contributed by atoms with Gasteiger partial charge in [0.05, 0.1) is 0 Å². The molecular formula is C16H20ClFN4. The third-order valence-corrected chi connectivity index (χ3v) is 4.49. The lowest BCUT2D eigenvalue weighted by atomic mass is 10.2. The van der Waals surface area contributed by atoms with Crippen LogP contribution in [0.5, 0.6) is 0 Å². The molecule has 2 aromatic rings. The van der Waals surface area contributed by atoms with Crippen LogP contribution in [0.4, 0.5) is 10.3 Å². The van der Waals surface area contributed by atoms with Gasteiger partial charge in [0.1, 0.15) is 5.82 Å². The van der Waals surface area contributed by atoms with Gasteiger partial charge in [-0.15, -0.1) is 0 Å². The highest BCUT2D eigenvalue weighted by atomic mass is 35.5. The Bertz CT molecular complexity index is 615. The van der Waals surface area contributed by atoms with E-state index in [0.29, 0.717) is 17.1 Å². The summed E-state index contributed by atoms with van der Waals surface area (Å²) >= 11 is 6.11. The van der Waals surface area contributed by atoms with E-state index in [1.165, 1.54) is 6.07 Å². The van der Waals surface area contributed by atoms with Crippen molar-refractivity contribution in [3.63, 3.8) is 0 Å². The van der Waals surface area contributed by atoms with Gasteiger partial charge in [0.25, 0.3) is 0 Å². The van der Waals surface area contributed by atoms with Gasteiger partial charge in [0, 0.05) is 62.2 Å². The largest absolute Gasteiger partial charge is 0.340 e. The summed E-state index contributed by atoms with van der Waals surface area (Å²) in [5, 5.41) is 0.504. The number of aryl methyl sites for hydroxylation is 1. The Morgan fingerprint density at radius 1 is 1.23 bits per heavy atom. The number of imidazole rings is 1. The van der Waals surface area contributed by atoms with E-state index in [0.717, 1.165) is 38.7 Å². The first-order chi connectivity index (χ1) is 10.7. The van der Waals surface area contributed by atoms with Crippen molar-refractivity contribution in [2.24, 2.45) is 0 Å². The maximum atomic E-state index is 13.9. The average molecular weight is 323 g/mol. The van der Waals surface area contributed by atoms with Crippen LogP contribution in [0.25, 0.3) is 0 Å². The highest BCUT2D eigenvalue weighted by molar-refractivity contribution is 6.31. The second-order valence-corrected chi connectivity index (χ2v) is 5.88. The van der Waals surface area contributed by atoms with Gasteiger partial charge in [0.15, 0.2) is 0 Å². The van der Waals surface area contributed by atoms with Crippen LogP contribution in [0.1, 0.15) is 12.5 Å². The summed E-state index contributed by atoms with van der Waals surface area (Å²) in [6.45, 7) is 7.12. The minimum Gasteiger partial charge on any atom is -0.340 e. The quantitative estimate of drug-likeness (QED) is 0.865. The van der Waals surface area contributed by atoms with Gasteiger partial charge in [-0.1, -0.05) is 17.7 Å². The van der Waals surface area contributed by atoms with Gasteiger partial charge in [-0.25, -0.2) is 9.37 Å². The molecule has 6 heteroatoms. The molecule has 2 heterocycles. The smallest absolute Gasteiger partial charge is 0.205 e. The molecule has 0 radical (unpaired) electrons. The first-order valence-electron chi connectivity index (χ1n) is 7.60. The van der Waals surface area contributed by atoms with Gasteiger partial charge in [-0.2, -0.15) is 0 Å². The molecule has 1 fully saturated rings. The lowest BCUT2D eigenvalue weighted by Gasteiger charge is -2.35. The predicted molar refractivity (Wildman–Crippen MR) is 86.8 cm³/mol. The highest BCUT2D eigenvalue weighted by Crippen LogP contribution is 2.22. The van der Waals surface area contributed by atoms with Gasteiger partial charge in [0.2, 0.25) is 5.95 Å². The number of aromatic nitrogens is 2. The molecule has 22 heavy (non-hydrogen) atoms. The summed E-state index contributed by atoms with van der Waals surface area (Å²) in [5.74, 6) is 0.794. The number of piperazine rings is 1. The van der Waals surface area contributed by atoms with Crippen LogP contribution in [0, 0.1) is 5.82 Å². The summed E-state index contributed by atoms with van der Waals surface area (Å²) in [7, 11) is 0. The molecule has 0 aliphatic carbocycles. The maximum absolute atomic E-state index is 13.9. The van der Waals surface area contributed by atoms with E-state index < -0.39 is 0 Å². The normalized spacial score (nSPS) is 16.2. The molecule has 4 nitrogen and oxygen atoms in total. The second kappa shape index (κ2) is 6.67. The SMILES string of the molecule is CCn1ccnc1N1CCN(Cc2c(F)cccc2Cl)CC1. The van der Waals surface area contributed by atoms with E-state index in [9.17, 15) is 4.39 Å². The number of hydrogen-bond acceptors (Lipinski definition) is 3. The molecule has 0 spiro atoms. The summed E-state index contributed by atoms with van der Waals surface area (Å²) in [5.41, 5.74) is 0.590. The van der Waals surface area contributed by atoms with Crippen molar-refractivity contribution in [2.75, 3.05) is 31.1 Å². The number of rotatable bonds is 4. The number of hydrogen-bond donors (Lipinski definition) is 0. The Morgan fingerprint density at radius 3 is 2.68 bits per heavy atom. The molecule has 1 aliphatic rings. The first kappa shape index (κ1) is 15.3. The van der Waals surface area contributed by atoms with Crippen molar-refractivity contribution < 1.29 is 4.39 Å². The third-order valence-electron chi connectivity index (χ3n) is 4.13. The van der Waals surface area contributed by atoms with E-state index in [1.54, 1.807) is 12.1 Å². The van der Waals surface area contributed by atoms with E-state index >= 15 is 0 Å². The Hall–Kier alpha value is -1.59. The monoisotopic (exact) mass is 322 g/mol. The lowest BCUT2D eigenvalue weighted by molar-refractivity contribution is 0.245. The van der Waals surface area contributed by atoms with E-state index in [4.69, 9.17) is 11.6 Å². The lowest BCUT2D eigenvalue weighted by Crippen LogP contribution is -2.47. The molecule has 0 atom stereocenters.